The monoisotopic (exact) mass is 417 g/mol. The van der Waals surface area contributed by atoms with Crippen LogP contribution in [0.2, 0.25) is 0 Å². The number of nitrogens with zero attached hydrogens (tertiary/aromatic N) is 1. The molecule has 3 amide bonds. The summed E-state index contributed by atoms with van der Waals surface area (Å²) >= 11 is 0. The van der Waals surface area contributed by atoms with E-state index in [9.17, 15) is 14.4 Å². The highest BCUT2D eigenvalue weighted by molar-refractivity contribution is 6.22. The van der Waals surface area contributed by atoms with Gasteiger partial charge < -0.3 is 0 Å². The van der Waals surface area contributed by atoms with Gasteiger partial charge in [-0.1, -0.05) is 30.3 Å². The smallest absolute Gasteiger partial charge is 0.253 e. The van der Waals surface area contributed by atoms with Crippen LogP contribution in [0.1, 0.15) is 44.9 Å². The van der Waals surface area contributed by atoms with Crippen molar-refractivity contribution in [3.63, 3.8) is 0 Å². The van der Waals surface area contributed by atoms with Crippen molar-refractivity contribution in [3.8, 4) is 0 Å². The average molecular weight is 418 g/mol. The largest absolute Gasteiger partial charge is 0.290 e. The van der Waals surface area contributed by atoms with Gasteiger partial charge in [-0.15, -0.1) is 0 Å². The van der Waals surface area contributed by atoms with Gasteiger partial charge in [0.05, 0.1) is 17.5 Å². The minimum Gasteiger partial charge on any atom is -0.290 e. The van der Waals surface area contributed by atoms with E-state index in [1.807, 2.05) is 36.4 Å². The third-order valence-electron chi connectivity index (χ3n) is 8.02. The molecule has 6 nitrogen and oxygen atoms in total. The van der Waals surface area contributed by atoms with E-state index in [0.717, 1.165) is 30.0 Å². The lowest BCUT2D eigenvalue weighted by Crippen LogP contribution is -2.58. The van der Waals surface area contributed by atoms with Crippen LogP contribution in [0.4, 0.5) is 5.69 Å². The van der Waals surface area contributed by atoms with E-state index in [0.29, 0.717) is 23.4 Å². The number of nitrogens with one attached hydrogen (secondary N) is 2. The molecule has 4 saturated carbocycles. The summed E-state index contributed by atoms with van der Waals surface area (Å²) in [6.07, 6.45) is 6.77. The molecule has 0 aromatic heterocycles. The highest BCUT2D eigenvalue weighted by atomic mass is 16.2. The summed E-state index contributed by atoms with van der Waals surface area (Å²) in [7, 11) is 0. The topological polar surface area (TPSA) is 78.5 Å². The van der Waals surface area contributed by atoms with Crippen molar-refractivity contribution >= 4 is 34.2 Å². The number of carbonyl (C=O) groups is 3. The highest BCUT2D eigenvalue weighted by Gasteiger charge is 2.54. The van der Waals surface area contributed by atoms with E-state index >= 15 is 0 Å². The second-order valence-corrected chi connectivity index (χ2v) is 10.2. The van der Waals surface area contributed by atoms with E-state index < -0.39 is 6.04 Å². The van der Waals surface area contributed by atoms with Crippen LogP contribution in [0.15, 0.2) is 42.5 Å². The number of fused-ring (bicyclic) bond motifs is 1. The van der Waals surface area contributed by atoms with Gasteiger partial charge in [0.25, 0.3) is 5.91 Å². The van der Waals surface area contributed by atoms with Crippen molar-refractivity contribution in [2.75, 3.05) is 4.90 Å². The summed E-state index contributed by atoms with van der Waals surface area (Å²) in [5, 5.41) is 2.04. The first-order valence-corrected chi connectivity index (χ1v) is 11.4. The molecule has 0 unspecified atom stereocenters. The van der Waals surface area contributed by atoms with Crippen molar-refractivity contribution in [1.82, 2.24) is 10.9 Å². The van der Waals surface area contributed by atoms with Gasteiger partial charge in [0.2, 0.25) is 11.8 Å². The van der Waals surface area contributed by atoms with Crippen LogP contribution in [0, 0.1) is 23.2 Å². The van der Waals surface area contributed by atoms with Crippen molar-refractivity contribution in [2.45, 2.75) is 51.0 Å². The first kappa shape index (κ1) is 19.0. The Bertz CT molecular complexity index is 1060. The molecule has 2 aromatic carbocycles. The number of carbonyl (C=O) groups excluding carboxylic acids is 3. The molecule has 160 valence electrons. The van der Waals surface area contributed by atoms with Gasteiger partial charge in [0, 0.05) is 0 Å². The molecule has 4 bridgehead atoms. The Hall–Kier alpha value is -2.73. The van der Waals surface area contributed by atoms with E-state index in [2.05, 4.69) is 10.9 Å². The van der Waals surface area contributed by atoms with Crippen LogP contribution in [0.3, 0.4) is 0 Å². The molecule has 4 aliphatic carbocycles. The second-order valence-electron chi connectivity index (χ2n) is 10.2. The van der Waals surface area contributed by atoms with Crippen LogP contribution < -0.4 is 15.8 Å². The summed E-state index contributed by atoms with van der Waals surface area (Å²) in [4.78, 5) is 40.0. The summed E-state index contributed by atoms with van der Waals surface area (Å²) in [5.74, 6) is 1.48. The Morgan fingerprint density at radius 1 is 0.903 bits per heavy atom. The van der Waals surface area contributed by atoms with Crippen LogP contribution in [0.25, 0.3) is 10.8 Å². The molecule has 1 aliphatic heterocycles. The molecule has 7 rings (SSSR count). The quantitative estimate of drug-likeness (QED) is 0.591. The number of hydrogen-bond acceptors (Lipinski definition) is 4. The van der Waals surface area contributed by atoms with E-state index in [1.54, 1.807) is 6.07 Å². The maximum atomic E-state index is 13.2. The minimum absolute atomic E-state index is 0.0102. The zero-order valence-corrected chi connectivity index (χ0v) is 17.5. The zero-order valence-electron chi connectivity index (χ0n) is 17.5. The molecule has 0 radical (unpaired) electrons. The Labute approximate surface area is 181 Å². The first-order chi connectivity index (χ1) is 15.0. The molecular formula is C25H27N3O3. The fourth-order valence-corrected chi connectivity index (χ4v) is 7.01. The Morgan fingerprint density at radius 3 is 2.23 bits per heavy atom. The number of hydrogen-bond donors (Lipinski definition) is 2. The minimum atomic E-state index is -0.725. The van der Waals surface area contributed by atoms with Crippen molar-refractivity contribution in [2.24, 2.45) is 23.2 Å². The molecule has 5 fully saturated rings. The fourth-order valence-electron chi connectivity index (χ4n) is 7.01. The summed E-state index contributed by atoms with van der Waals surface area (Å²) in [5.41, 5.74) is 6.05. The summed E-state index contributed by atoms with van der Waals surface area (Å²) < 4.78 is 0. The van der Waals surface area contributed by atoms with E-state index in [-0.39, 0.29) is 29.6 Å². The number of imide groups is 1. The Morgan fingerprint density at radius 2 is 1.55 bits per heavy atom. The third-order valence-corrected chi connectivity index (χ3v) is 8.02. The van der Waals surface area contributed by atoms with E-state index in [1.165, 1.54) is 24.2 Å². The van der Waals surface area contributed by atoms with Gasteiger partial charge >= 0.3 is 0 Å². The molecule has 2 aromatic rings. The van der Waals surface area contributed by atoms with Crippen molar-refractivity contribution in [1.29, 1.82) is 0 Å². The van der Waals surface area contributed by atoms with Crippen LogP contribution >= 0.6 is 0 Å². The number of amides is 3. The van der Waals surface area contributed by atoms with E-state index in [4.69, 9.17) is 0 Å². The maximum absolute atomic E-state index is 13.2. The SMILES string of the molecule is O=C1C[C@@H](NNC(=O)C23CC4CC(CC(C4)C2)C3)C(=O)N1c1ccc2ccccc2c1. The molecule has 0 spiro atoms. The maximum Gasteiger partial charge on any atom is 0.253 e. The standard InChI is InChI=1S/C25H27N3O3/c29-22-11-21(23(30)28(22)20-6-5-18-3-1-2-4-19(18)10-20)26-27-24(31)25-12-15-7-16(13-25)9-17(8-15)14-25/h1-6,10,15-17,21,26H,7-9,11-14H2,(H,27,31)/t15?,16?,17?,21-,25?/m1/s1. The zero-order chi connectivity index (χ0) is 21.2. The van der Waals surface area contributed by atoms with Crippen LogP contribution in [-0.2, 0) is 14.4 Å². The lowest BCUT2D eigenvalue weighted by Gasteiger charge is -2.55. The van der Waals surface area contributed by atoms with Gasteiger partial charge in [-0.2, -0.15) is 0 Å². The number of anilines is 1. The number of rotatable bonds is 4. The number of hydrazine groups is 1. The fraction of sp³-hybridized carbons (Fsp3) is 0.480. The molecule has 1 atom stereocenters. The molecule has 31 heavy (non-hydrogen) atoms. The Balaban J connectivity index is 1.15. The van der Waals surface area contributed by atoms with Crippen LogP contribution in [-0.4, -0.2) is 23.8 Å². The van der Waals surface area contributed by atoms with Crippen molar-refractivity contribution < 1.29 is 14.4 Å². The molecular weight excluding hydrogens is 390 g/mol. The second kappa shape index (κ2) is 6.89. The first-order valence-electron chi connectivity index (χ1n) is 11.4. The predicted octanol–water partition coefficient (Wildman–Crippen LogP) is 3.31. The van der Waals surface area contributed by atoms with Crippen LogP contribution in [0.5, 0.6) is 0 Å². The average Bonchev–Trinajstić information content (AvgIpc) is 3.03. The Kier molecular flexibility index (Phi) is 4.22. The normalized spacial score (nSPS) is 34.0. The lowest BCUT2D eigenvalue weighted by molar-refractivity contribution is -0.147. The molecule has 5 aliphatic rings. The summed E-state index contributed by atoms with van der Waals surface area (Å²) in [6, 6.07) is 12.7. The van der Waals surface area contributed by atoms with Gasteiger partial charge in [-0.05, 0) is 79.2 Å². The molecule has 6 heteroatoms. The van der Waals surface area contributed by atoms with Gasteiger partial charge in [-0.3, -0.25) is 19.8 Å². The van der Waals surface area contributed by atoms with Crippen molar-refractivity contribution in [3.05, 3.63) is 42.5 Å². The molecule has 1 saturated heterocycles. The lowest BCUT2D eigenvalue weighted by atomic mass is 9.49. The molecule has 1 heterocycles. The third kappa shape index (κ3) is 3.07. The highest BCUT2D eigenvalue weighted by Crippen LogP contribution is 2.60. The number of benzene rings is 2. The molecule has 2 N–H and O–H groups in total. The predicted molar refractivity (Wildman–Crippen MR) is 117 cm³/mol. The summed E-state index contributed by atoms with van der Waals surface area (Å²) in [6.45, 7) is 0. The van der Waals surface area contributed by atoms with Gasteiger partial charge in [0.1, 0.15) is 6.04 Å². The van der Waals surface area contributed by atoms with Gasteiger partial charge in [-0.25, -0.2) is 10.3 Å². The van der Waals surface area contributed by atoms with Gasteiger partial charge in [0.15, 0.2) is 0 Å².